The summed E-state index contributed by atoms with van der Waals surface area (Å²) in [5, 5.41) is 2.96. The van der Waals surface area contributed by atoms with Crippen molar-refractivity contribution in [2.75, 3.05) is 6.54 Å². The summed E-state index contributed by atoms with van der Waals surface area (Å²) >= 11 is 0. The van der Waals surface area contributed by atoms with Crippen LogP contribution in [-0.4, -0.2) is 19.0 Å². The Kier molecular flexibility index (Phi) is 3.05. The van der Waals surface area contributed by atoms with Crippen LogP contribution in [0.15, 0.2) is 0 Å². The smallest absolute Gasteiger partial charge is 0.253 e. The van der Waals surface area contributed by atoms with Crippen molar-refractivity contribution in [3.63, 3.8) is 0 Å². The molecule has 2 aliphatic rings. The molecule has 14 heavy (non-hydrogen) atoms. The fourth-order valence-corrected chi connectivity index (χ4v) is 3.05. The number of hydrogen-bond acceptors (Lipinski definition) is 1. The number of halogens is 2. The molecule has 0 aromatic heterocycles. The molecule has 3 heteroatoms. The fourth-order valence-electron chi connectivity index (χ4n) is 3.05. The van der Waals surface area contributed by atoms with Crippen LogP contribution >= 0.6 is 0 Å². The highest BCUT2D eigenvalue weighted by atomic mass is 19.3. The summed E-state index contributed by atoms with van der Waals surface area (Å²) in [6, 6.07) is -0.644. The molecule has 0 aromatic carbocycles. The number of hydrogen-bond donors (Lipinski definition) is 1. The topological polar surface area (TPSA) is 12.0 Å². The summed E-state index contributed by atoms with van der Waals surface area (Å²) in [6.07, 6.45) is 3.11. The van der Waals surface area contributed by atoms with E-state index in [9.17, 15) is 8.78 Å². The normalized spacial score (nSPS) is 38.1. The Morgan fingerprint density at radius 3 is 2.57 bits per heavy atom. The van der Waals surface area contributed by atoms with Gasteiger partial charge in [-0.15, -0.1) is 0 Å². The first-order chi connectivity index (χ1) is 6.66. The zero-order chi connectivity index (χ0) is 10.1. The van der Waals surface area contributed by atoms with Crippen molar-refractivity contribution < 1.29 is 8.78 Å². The van der Waals surface area contributed by atoms with Gasteiger partial charge in [0.1, 0.15) is 0 Å². The molecule has 0 aliphatic heterocycles. The van der Waals surface area contributed by atoms with Crippen LogP contribution in [0.5, 0.6) is 0 Å². The van der Waals surface area contributed by atoms with Crippen LogP contribution in [0.4, 0.5) is 8.78 Å². The van der Waals surface area contributed by atoms with Gasteiger partial charge in [-0.25, -0.2) is 8.78 Å². The van der Waals surface area contributed by atoms with Crippen LogP contribution in [0.3, 0.4) is 0 Å². The molecule has 4 atom stereocenters. The highest BCUT2D eigenvalue weighted by Crippen LogP contribution is 2.47. The standard InChI is InChI=1S/C11H19F2N/c1-7(11(12)13)14-6-10-5-8-2-3-9(10)4-8/h7-11,14H,2-6H2,1H3. The van der Waals surface area contributed by atoms with Gasteiger partial charge >= 0.3 is 0 Å². The molecule has 0 aromatic rings. The molecule has 2 fully saturated rings. The number of fused-ring (bicyclic) bond motifs is 2. The minimum Gasteiger partial charge on any atom is -0.309 e. The van der Waals surface area contributed by atoms with Gasteiger partial charge in [0.15, 0.2) is 0 Å². The largest absolute Gasteiger partial charge is 0.309 e. The van der Waals surface area contributed by atoms with Crippen molar-refractivity contribution in [3.05, 3.63) is 0 Å². The molecular weight excluding hydrogens is 184 g/mol. The Morgan fingerprint density at radius 2 is 2.07 bits per heavy atom. The van der Waals surface area contributed by atoms with Gasteiger partial charge in [-0.1, -0.05) is 6.42 Å². The predicted molar refractivity (Wildman–Crippen MR) is 52.4 cm³/mol. The zero-order valence-corrected chi connectivity index (χ0v) is 8.68. The van der Waals surface area contributed by atoms with E-state index in [1.54, 1.807) is 6.92 Å². The molecule has 2 rings (SSSR count). The van der Waals surface area contributed by atoms with Crippen molar-refractivity contribution in [2.24, 2.45) is 17.8 Å². The van der Waals surface area contributed by atoms with E-state index in [0.717, 1.165) is 18.4 Å². The summed E-state index contributed by atoms with van der Waals surface area (Å²) in [7, 11) is 0. The Hall–Kier alpha value is -0.180. The van der Waals surface area contributed by atoms with Crippen molar-refractivity contribution in [1.29, 1.82) is 0 Å². The molecule has 1 N–H and O–H groups in total. The van der Waals surface area contributed by atoms with E-state index in [1.807, 2.05) is 0 Å². The van der Waals surface area contributed by atoms with E-state index < -0.39 is 12.5 Å². The van der Waals surface area contributed by atoms with E-state index in [-0.39, 0.29) is 0 Å². The maximum atomic E-state index is 12.2. The molecule has 2 bridgehead atoms. The molecule has 2 saturated carbocycles. The van der Waals surface area contributed by atoms with Gasteiger partial charge in [0, 0.05) is 0 Å². The molecule has 0 saturated heterocycles. The highest BCUT2D eigenvalue weighted by Gasteiger charge is 2.39. The Labute approximate surface area is 84.3 Å². The first-order valence-corrected chi connectivity index (χ1v) is 5.68. The maximum absolute atomic E-state index is 12.2. The average molecular weight is 203 g/mol. The van der Waals surface area contributed by atoms with Crippen LogP contribution in [0.2, 0.25) is 0 Å². The first-order valence-electron chi connectivity index (χ1n) is 5.68. The first kappa shape index (κ1) is 10.3. The predicted octanol–water partition coefficient (Wildman–Crippen LogP) is 2.67. The third kappa shape index (κ3) is 2.08. The van der Waals surface area contributed by atoms with Crippen LogP contribution in [-0.2, 0) is 0 Å². The van der Waals surface area contributed by atoms with Crippen LogP contribution < -0.4 is 5.32 Å². The van der Waals surface area contributed by atoms with Gasteiger partial charge < -0.3 is 5.32 Å². The Balaban J connectivity index is 1.71. The highest BCUT2D eigenvalue weighted by molar-refractivity contribution is 4.91. The summed E-state index contributed by atoms with van der Waals surface area (Å²) < 4.78 is 24.5. The van der Waals surface area contributed by atoms with Crippen LogP contribution in [0.25, 0.3) is 0 Å². The van der Waals surface area contributed by atoms with Gasteiger partial charge in [-0.2, -0.15) is 0 Å². The number of nitrogens with one attached hydrogen (secondary N) is 1. The maximum Gasteiger partial charge on any atom is 0.253 e. The van der Waals surface area contributed by atoms with Crippen molar-refractivity contribution in [2.45, 2.75) is 45.1 Å². The minimum atomic E-state index is -2.23. The van der Waals surface area contributed by atoms with Gasteiger partial charge in [0.05, 0.1) is 6.04 Å². The second kappa shape index (κ2) is 4.13. The van der Waals surface area contributed by atoms with Gasteiger partial charge in [-0.05, 0) is 50.5 Å². The van der Waals surface area contributed by atoms with E-state index in [0.29, 0.717) is 5.92 Å². The molecule has 0 spiro atoms. The molecule has 2 aliphatic carbocycles. The zero-order valence-electron chi connectivity index (χ0n) is 8.68. The van der Waals surface area contributed by atoms with Gasteiger partial charge in [0.25, 0.3) is 6.43 Å². The third-order valence-corrected chi connectivity index (χ3v) is 3.96. The minimum absolute atomic E-state index is 0.644. The van der Waals surface area contributed by atoms with Crippen LogP contribution in [0.1, 0.15) is 32.6 Å². The SMILES string of the molecule is CC(NCC1CC2CCC1C2)C(F)F. The van der Waals surface area contributed by atoms with E-state index >= 15 is 0 Å². The van der Waals surface area contributed by atoms with E-state index in [4.69, 9.17) is 0 Å². The number of rotatable bonds is 4. The molecule has 4 unspecified atom stereocenters. The lowest BCUT2D eigenvalue weighted by molar-refractivity contribution is 0.102. The lowest BCUT2D eigenvalue weighted by Gasteiger charge is -2.23. The second-order valence-corrected chi connectivity index (χ2v) is 4.97. The Morgan fingerprint density at radius 1 is 1.29 bits per heavy atom. The quantitative estimate of drug-likeness (QED) is 0.740. The lowest BCUT2D eigenvalue weighted by atomic mass is 9.89. The van der Waals surface area contributed by atoms with Gasteiger partial charge in [-0.3, -0.25) is 0 Å². The molecule has 1 nitrogen and oxygen atoms in total. The van der Waals surface area contributed by atoms with E-state index in [1.165, 1.54) is 25.7 Å². The summed E-state index contributed by atoms with van der Waals surface area (Å²) in [4.78, 5) is 0. The van der Waals surface area contributed by atoms with Crippen molar-refractivity contribution in [1.82, 2.24) is 5.32 Å². The Bertz CT molecular complexity index is 196. The second-order valence-electron chi connectivity index (χ2n) is 4.97. The van der Waals surface area contributed by atoms with Gasteiger partial charge in [0.2, 0.25) is 0 Å². The summed E-state index contributed by atoms with van der Waals surface area (Å²) in [5.41, 5.74) is 0. The molecule has 0 radical (unpaired) electrons. The fraction of sp³-hybridized carbons (Fsp3) is 1.00. The molecule has 82 valence electrons. The lowest BCUT2D eigenvalue weighted by Crippen LogP contribution is -2.37. The molecule has 0 heterocycles. The summed E-state index contributed by atoms with van der Waals surface area (Å²) in [5.74, 6) is 2.42. The monoisotopic (exact) mass is 203 g/mol. The molecular formula is C11H19F2N. The van der Waals surface area contributed by atoms with Crippen LogP contribution in [0, 0.1) is 17.8 Å². The molecule has 0 amide bonds. The third-order valence-electron chi connectivity index (χ3n) is 3.96. The van der Waals surface area contributed by atoms with E-state index in [2.05, 4.69) is 5.32 Å². The van der Waals surface area contributed by atoms with Crippen molar-refractivity contribution >= 4 is 0 Å². The summed E-state index contributed by atoms with van der Waals surface area (Å²) in [6.45, 7) is 2.37. The van der Waals surface area contributed by atoms with Crippen molar-refractivity contribution in [3.8, 4) is 0 Å². The average Bonchev–Trinajstić information content (AvgIpc) is 2.74. The number of alkyl halides is 2.